The fourth-order valence-electron chi connectivity index (χ4n) is 1.64. The number of halogens is 1. The van der Waals surface area contributed by atoms with Crippen molar-refractivity contribution in [3.63, 3.8) is 0 Å². The normalized spacial score (nSPS) is 11.6. The third-order valence-corrected chi connectivity index (χ3v) is 2.73. The van der Waals surface area contributed by atoms with E-state index in [0.29, 0.717) is 17.8 Å². The second-order valence-corrected chi connectivity index (χ2v) is 5.97. The first-order valence-electron chi connectivity index (χ1n) is 7.11. The number of hydrogen-bond donors (Lipinski definition) is 1. The third kappa shape index (κ3) is 6.83. The van der Waals surface area contributed by atoms with E-state index in [9.17, 15) is 9.18 Å². The highest BCUT2D eigenvalue weighted by Gasteiger charge is 2.16. The summed E-state index contributed by atoms with van der Waals surface area (Å²) in [7, 11) is 0. The van der Waals surface area contributed by atoms with Crippen LogP contribution in [0.3, 0.4) is 0 Å². The Kier molecular flexibility index (Phi) is 6.58. The van der Waals surface area contributed by atoms with E-state index < -0.39 is 11.7 Å². The Bertz CT molecular complexity index is 628. The van der Waals surface area contributed by atoms with Crippen molar-refractivity contribution in [2.24, 2.45) is 0 Å². The lowest BCUT2D eigenvalue weighted by molar-refractivity contribution is 0.0531. The molecule has 0 atom stereocenters. The lowest BCUT2D eigenvalue weighted by atomic mass is 10.2. The van der Waals surface area contributed by atoms with Crippen molar-refractivity contribution < 1.29 is 18.7 Å². The highest BCUT2D eigenvalue weighted by molar-refractivity contribution is 5.68. The summed E-state index contributed by atoms with van der Waals surface area (Å²) in [6.45, 7) is 14.0. The van der Waals surface area contributed by atoms with E-state index in [1.54, 1.807) is 45.9 Å². The molecule has 0 aliphatic carbocycles. The average molecular weight is 320 g/mol. The molecule has 0 fully saturated rings. The quantitative estimate of drug-likeness (QED) is 0.823. The molecule has 1 N–H and O–H groups in total. The minimum absolute atomic E-state index is 0.00939. The van der Waals surface area contributed by atoms with Gasteiger partial charge < -0.3 is 14.8 Å². The van der Waals surface area contributed by atoms with Gasteiger partial charge in [0.25, 0.3) is 0 Å². The predicted octanol–water partition coefficient (Wildman–Crippen LogP) is 4.30. The van der Waals surface area contributed by atoms with Crippen LogP contribution in [-0.4, -0.2) is 24.8 Å². The van der Waals surface area contributed by atoms with Crippen molar-refractivity contribution in [2.75, 3.05) is 13.2 Å². The number of nitrogens with zero attached hydrogens (tertiary/aromatic N) is 1. The largest absolute Gasteiger partial charge is 0.489 e. The van der Waals surface area contributed by atoms with Gasteiger partial charge in [0.05, 0.1) is 12.9 Å². The first-order chi connectivity index (χ1) is 10.7. The van der Waals surface area contributed by atoms with Crippen LogP contribution in [0.5, 0.6) is 5.75 Å². The molecule has 0 unspecified atom stereocenters. The highest BCUT2D eigenvalue weighted by Crippen LogP contribution is 2.23. The molecule has 0 aliphatic heterocycles. The second kappa shape index (κ2) is 8.18. The Hall–Kier alpha value is -2.55. The fourth-order valence-corrected chi connectivity index (χ4v) is 1.64. The van der Waals surface area contributed by atoms with E-state index in [1.807, 2.05) is 0 Å². The molecular formula is C17H21FN2O3. The maximum absolute atomic E-state index is 12.9. The van der Waals surface area contributed by atoms with Gasteiger partial charge in [-0.05, 0) is 45.4 Å². The molecule has 0 radical (unpaired) electrons. The average Bonchev–Trinajstić information content (AvgIpc) is 2.45. The van der Waals surface area contributed by atoms with Crippen LogP contribution < -0.4 is 10.1 Å². The van der Waals surface area contributed by atoms with Crippen LogP contribution in [0.1, 0.15) is 26.3 Å². The van der Waals surface area contributed by atoms with Crippen molar-refractivity contribution in [2.45, 2.75) is 33.3 Å². The molecule has 5 nitrogen and oxygen atoms in total. The van der Waals surface area contributed by atoms with Crippen LogP contribution >= 0.6 is 0 Å². The number of carbonyl (C=O) groups is 1. The number of rotatable bonds is 5. The molecular weight excluding hydrogens is 299 g/mol. The van der Waals surface area contributed by atoms with Crippen LogP contribution in [-0.2, 0) is 4.74 Å². The van der Waals surface area contributed by atoms with Crippen LogP contribution in [0.4, 0.5) is 14.9 Å². The molecule has 124 valence electrons. The van der Waals surface area contributed by atoms with E-state index in [-0.39, 0.29) is 18.7 Å². The maximum Gasteiger partial charge on any atom is 0.407 e. The van der Waals surface area contributed by atoms with Gasteiger partial charge in [-0.2, -0.15) is 0 Å². The minimum atomic E-state index is -0.617. The van der Waals surface area contributed by atoms with Gasteiger partial charge in [0.1, 0.15) is 18.0 Å². The minimum Gasteiger partial charge on any atom is -0.489 e. The number of benzene rings is 1. The summed E-state index contributed by atoms with van der Waals surface area (Å²) in [6.07, 6.45) is -0.216. The molecule has 1 aromatic carbocycles. The van der Waals surface area contributed by atoms with E-state index in [0.717, 1.165) is 5.56 Å². The molecule has 0 aromatic heterocycles. The van der Waals surface area contributed by atoms with Crippen molar-refractivity contribution >= 4 is 11.8 Å². The van der Waals surface area contributed by atoms with Crippen LogP contribution in [0.15, 0.2) is 30.1 Å². The number of aryl methyl sites for hydroxylation is 1. The molecule has 23 heavy (non-hydrogen) atoms. The van der Waals surface area contributed by atoms with Crippen LogP contribution in [0.25, 0.3) is 4.85 Å². The zero-order valence-electron chi connectivity index (χ0n) is 13.8. The molecule has 0 spiro atoms. The van der Waals surface area contributed by atoms with Crippen LogP contribution in [0, 0.1) is 13.5 Å². The van der Waals surface area contributed by atoms with Gasteiger partial charge in [0, 0.05) is 12.1 Å². The van der Waals surface area contributed by atoms with Gasteiger partial charge in [-0.25, -0.2) is 14.0 Å². The molecule has 0 saturated carbocycles. The Morgan fingerprint density at radius 2 is 2.13 bits per heavy atom. The second-order valence-electron chi connectivity index (χ2n) is 5.97. The standard InChI is InChI=1S/C17H21FN2O3/c1-12-8-14(6-7-15(12)19-5)22-11-13(9-18)10-20-16(21)23-17(2,3)4/h6-9H,10-11H2,1-4H3,(H,20,21)/b13-9+. The summed E-state index contributed by atoms with van der Waals surface area (Å²) in [5.41, 5.74) is 0.991. The first-order valence-corrected chi connectivity index (χ1v) is 7.11. The number of nitrogens with one attached hydrogen (secondary N) is 1. The smallest absolute Gasteiger partial charge is 0.407 e. The lowest BCUT2D eigenvalue weighted by Crippen LogP contribution is -2.34. The molecule has 0 heterocycles. The predicted molar refractivity (Wildman–Crippen MR) is 86.4 cm³/mol. The molecule has 0 bridgehead atoms. The number of ether oxygens (including phenoxy) is 2. The number of hydrogen-bond acceptors (Lipinski definition) is 3. The van der Waals surface area contributed by atoms with E-state index in [2.05, 4.69) is 10.2 Å². The van der Waals surface area contributed by atoms with Gasteiger partial charge in [0.15, 0.2) is 5.69 Å². The Labute approximate surface area is 135 Å². The van der Waals surface area contributed by atoms with Crippen molar-refractivity contribution in [3.05, 3.63) is 47.1 Å². The van der Waals surface area contributed by atoms with Crippen molar-refractivity contribution in [1.82, 2.24) is 5.32 Å². The zero-order valence-corrected chi connectivity index (χ0v) is 13.8. The number of amides is 1. The van der Waals surface area contributed by atoms with Crippen molar-refractivity contribution in [1.29, 1.82) is 0 Å². The third-order valence-electron chi connectivity index (χ3n) is 2.73. The highest BCUT2D eigenvalue weighted by atomic mass is 19.1. The SMILES string of the molecule is [C-]#[N+]c1ccc(OC/C(=C/F)CNC(=O)OC(C)(C)C)cc1C. The summed E-state index contributed by atoms with van der Waals surface area (Å²) in [5, 5.41) is 2.47. The van der Waals surface area contributed by atoms with Crippen LogP contribution in [0.2, 0.25) is 0 Å². The van der Waals surface area contributed by atoms with E-state index in [1.165, 1.54) is 0 Å². The number of carbonyl (C=O) groups excluding carboxylic acids is 1. The molecule has 0 saturated heterocycles. The maximum atomic E-state index is 12.9. The van der Waals surface area contributed by atoms with Gasteiger partial charge >= 0.3 is 6.09 Å². The Morgan fingerprint density at radius 3 is 2.65 bits per heavy atom. The van der Waals surface area contributed by atoms with Gasteiger partial charge in [0.2, 0.25) is 0 Å². The topological polar surface area (TPSA) is 51.9 Å². The van der Waals surface area contributed by atoms with Gasteiger partial charge in [-0.3, -0.25) is 0 Å². The lowest BCUT2D eigenvalue weighted by Gasteiger charge is -2.20. The van der Waals surface area contributed by atoms with Crippen molar-refractivity contribution in [3.8, 4) is 5.75 Å². The monoisotopic (exact) mass is 320 g/mol. The summed E-state index contributed by atoms with van der Waals surface area (Å²) in [4.78, 5) is 14.9. The number of alkyl carbamates (subject to hydrolysis) is 1. The molecule has 1 amide bonds. The first kappa shape index (κ1) is 18.5. The summed E-state index contributed by atoms with van der Waals surface area (Å²) in [6, 6.07) is 5.01. The van der Waals surface area contributed by atoms with E-state index >= 15 is 0 Å². The molecule has 1 aromatic rings. The summed E-state index contributed by atoms with van der Waals surface area (Å²) >= 11 is 0. The summed E-state index contributed by atoms with van der Waals surface area (Å²) in [5.74, 6) is 0.534. The molecule has 6 heteroatoms. The Morgan fingerprint density at radius 1 is 1.43 bits per heavy atom. The Balaban J connectivity index is 2.50. The zero-order chi connectivity index (χ0) is 17.5. The van der Waals surface area contributed by atoms with Gasteiger partial charge in [-0.15, -0.1) is 0 Å². The molecule has 0 aliphatic rings. The molecule has 1 rings (SSSR count). The van der Waals surface area contributed by atoms with E-state index in [4.69, 9.17) is 16.0 Å². The summed E-state index contributed by atoms with van der Waals surface area (Å²) < 4.78 is 23.4. The fraction of sp³-hybridized carbons (Fsp3) is 0.412. The van der Waals surface area contributed by atoms with Gasteiger partial charge in [-0.1, -0.05) is 6.07 Å².